The second-order valence-corrected chi connectivity index (χ2v) is 6.64. The lowest BCUT2D eigenvalue weighted by atomic mass is 10.1. The molecule has 26 heavy (non-hydrogen) atoms. The number of benzene rings is 2. The summed E-state index contributed by atoms with van der Waals surface area (Å²) in [4.78, 5) is 15.7. The van der Waals surface area contributed by atoms with E-state index in [9.17, 15) is 4.79 Å². The second kappa shape index (κ2) is 7.18. The maximum absolute atomic E-state index is 11.1. The first-order valence-corrected chi connectivity index (χ1v) is 8.57. The van der Waals surface area contributed by atoms with Crippen molar-refractivity contribution in [2.24, 2.45) is 4.99 Å². The van der Waals surface area contributed by atoms with Crippen LogP contribution in [0.15, 0.2) is 53.5 Å². The van der Waals surface area contributed by atoms with Crippen LogP contribution in [-0.4, -0.2) is 21.9 Å². The van der Waals surface area contributed by atoms with Crippen LogP contribution in [0.3, 0.4) is 0 Å². The summed E-state index contributed by atoms with van der Waals surface area (Å²) < 4.78 is 2.12. The van der Waals surface area contributed by atoms with Gasteiger partial charge in [-0.2, -0.15) is 0 Å². The Kier molecular flexibility index (Phi) is 4.96. The van der Waals surface area contributed by atoms with Gasteiger partial charge in [-0.3, -0.25) is 4.99 Å². The summed E-state index contributed by atoms with van der Waals surface area (Å²) in [5.74, 6) is -0.920. The van der Waals surface area contributed by atoms with Gasteiger partial charge in [0.05, 0.1) is 11.3 Å². The van der Waals surface area contributed by atoms with Crippen molar-refractivity contribution in [1.82, 2.24) is 4.57 Å². The number of nitrogens with zero attached hydrogens (tertiary/aromatic N) is 2. The van der Waals surface area contributed by atoms with Crippen molar-refractivity contribution >= 4 is 29.5 Å². The fraction of sp³-hybridized carbons (Fsp3) is 0.143. The molecule has 0 saturated carbocycles. The molecule has 0 unspecified atom stereocenters. The summed E-state index contributed by atoms with van der Waals surface area (Å²) in [6.07, 6.45) is 1.84. The van der Waals surface area contributed by atoms with Gasteiger partial charge in [0.2, 0.25) is 0 Å². The van der Waals surface area contributed by atoms with Crippen LogP contribution in [0.5, 0.6) is 0 Å². The summed E-state index contributed by atoms with van der Waals surface area (Å²) in [6, 6.07) is 14.6. The second-order valence-electron chi connectivity index (χ2n) is 6.20. The maximum Gasteiger partial charge on any atom is 0.335 e. The van der Waals surface area contributed by atoms with Gasteiger partial charge in [-0.1, -0.05) is 11.6 Å². The first-order valence-electron chi connectivity index (χ1n) is 8.19. The number of carboxylic acid groups (broad SMARTS) is 1. The summed E-state index contributed by atoms with van der Waals surface area (Å²) in [6.45, 7) is 5.97. The molecule has 132 valence electrons. The van der Waals surface area contributed by atoms with Crippen LogP contribution in [0.1, 0.15) is 32.9 Å². The molecule has 1 aromatic heterocycles. The Labute approximate surface area is 157 Å². The van der Waals surface area contributed by atoms with E-state index >= 15 is 0 Å². The lowest BCUT2D eigenvalue weighted by Crippen LogP contribution is -2.04. The number of carbonyl (C=O) groups is 1. The fourth-order valence-corrected chi connectivity index (χ4v) is 3.13. The topological polar surface area (TPSA) is 54.6 Å². The van der Waals surface area contributed by atoms with Crippen molar-refractivity contribution in [2.45, 2.75) is 20.8 Å². The first kappa shape index (κ1) is 18.0. The molecule has 4 nitrogen and oxygen atoms in total. The normalized spacial score (nSPS) is 11.2. The molecule has 3 aromatic rings. The Morgan fingerprint density at radius 1 is 1.08 bits per heavy atom. The molecule has 0 aliphatic heterocycles. The molecular weight excluding hydrogens is 348 g/mol. The van der Waals surface area contributed by atoms with Crippen LogP contribution in [0.25, 0.3) is 5.69 Å². The zero-order chi connectivity index (χ0) is 18.8. The molecule has 5 heteroatoms. The van der Waals surface area contributed by atoms with Crippen LogP contribution in [0.4, 0.5) is 5.69 Å². The van der Waals surface area contributed by atoms with E-state index in [1.54, 1.807) is 12.1 Å². The van der Waals surface area contributed by atoms with Crippen LogP contribution in [-0.2, 0) is 0 Å². The van der Waals surface area contributed by atoms with E-state index in [1.807, 2.05) is 57.3 Å². The van der Waals surface area contributed by atoms with Gasteiger partial charge in [0.25, 0.3) is 0 Å². The minimum Gasteiger partial charge on any atom is -0.478 e. The van der Waals surface area contributed by atoms with Crippen molar-refractivity contribution < 1.29 is 9.90 Å². The van der Waals surface area contributed by atoms with E-state index in [0.29, 0.717) is 10.6 Å². The minimum absolute atomic E-state index is 0.290. The molecule has 0 atom stereocenters. The number of hydrogen-bond donors (Lipinski definition) is 1. The third-order valence-corrected chi connectivity index (χ3v) is 4.59. The summed E-state index contributed by atoms with van der Waals surface area (Å²) in [5.41, 5.74) is 6.13. The van der Waals surface area contributed by atoms with Crippen molar-refractivity contribution in [3.05, 3.63) is 81.6 Å². The highest BCUT2D eigenvalue weighted by Gasteiger charge is 2.13. The molecule has 3 rings (SSSR count). The number of halogens is 1. The monoisotopic (exact) mass is 366 g/mol. The number of hydrogen-bond acceptors (Lipinski definition) is 2. The van der Waals surface area contributed by atoms with E-state index in [1.165, 1.54) is 0 Å². The molecular formula is C21H19ClN2O2. The van der Waals surface area contributed by atoms with Crippen molar-refractivity contribution in [3.63, 3.8) is 0 Å². The number of aliphatic imine (C=N–C) groups is 1. The summed E-state index contributed by atoms with van der Waals surface area (Å²) in [7, 11) is 0. The van der Waals surface area contributed by atoms with Crippen molar-refractivity contribution in [3.8, 4) is 5.69 Å². The third kappa shape index (κ3) is 3.55. The molecule has 0 spiro atoms. The maximum atomic E-state index is 11.1. The lowest BCUT2D eigenvalue weighted by Gasteiger charge is -2.13. The molecule has 0 saturated heterocycles. The largest absolute Gasteiger partial charge is 0.478 e. The molecule has 0 aliphatic rings. The Hall–Kier alpha value is -2.85. The lowest BCUT2D eigenvalue weighted by molar-refractivity contribution is 0.0697. The zero-order valence-corrected chi connectivity index (χ0v) is 15.6. The van der Waals surface area contributed by atoms with Gasteiger partial charge < -0.3 is 9.67 Å². The van der Waals surface area contributed by atoms with Gasteiger partial charge in [0.15, 0.2) is 0 Å². The molecule has 0 aliphatic carbocycles. The molecule has 2 aromatic carbocycles. The quantitative estimate of drug-likeness (QED) is 0.619. The Morgan fingerprint density at radius 3 is 2.38 bits per heavy atom. The number of aromatic carboxylic acids is 1. The summed E-state index contributed by atoms with van der Waals surface area (Å²) >= 11 is 5.90. The van der Waals surface area contributed by atoms with E-state index in [2.05, 4.69) is 15.6 Å². The average molecular weight is 367 g/mol. The number of aryl methyl sites for hydroxylation is 2. The zero-order valence-electron chi connectivity index (χ0n) is 14.8. The van der Waals surface area contributed by atoms with Gasteiger partial charge in [0, 0.05) is 33.9 Å². The molecule has 0 bridgehead atoms. The van der Waals surface area contributed by atoms with Gasteiger partial charge >= 0.3 is 5.97 Å². The highest BCUT2D eigenvalue weighted by Crippen LogP contribution is 2.24. The van der Waals surface area contributed by atoms with E-state index in [4.69, 9.17) is 16.7 Å². The van der Waals surface area contributed by atoms with Crippen LogP contribution in [0, 0.1) is 20.8 Å². The molecule has 1 heterocycles. The van der Waals surface area contributed by atoms with Crippen LogP contribution < -0.4 is 0 Å². The third-order valence-electron chi connectivity index (χ3n) is 4.33. The highest BCUT2D eigenvalue weighted by atomic mass is 35.5. The fourth-order valence-electron chi connectivity index (χ4n) is 3.00. The van der Waals surface area contributed by atoms with Crippen LogP contribution in [0.2, 0.25) is 5.02 Å². The summed E-state index contributed by atoms with van der Waals surface area (Å²) in [5, 5.41) is 9.83. The minimum atomic E-state index is -0.920. The van der Waals surface area contributed by atoms with Crippen LogP contribution >= 0.6 is 11.6 Å². The highest BCUT2D eigenvalue weighted by molar-refractivity contribution is 6.30. The van der Waals surface area contributed by atoms with Gasteiger partial charge in [-0.25, -0.2) is 4.79 Å². The number of aromatic nitrogens is 1. The van der Waals surface area contributed by atoms with Gasteiger partial charge in [-0.15, -0.1) is 0 Å². The van der Waals surface area contributed by atoms with E-state index < -0.39 is 5.97 Å². The van der Waals surface area contributed by atoms with Gasteiger partial charge in [0.1, 0.15) is 0 Å². The van der Waals surface area contributed by atoms with Crippen molar-refractivity contribution in [2.75, 3.05) is 0 Å². The van der Waals surface area contributed by atoms with Gasteiger partial charge in [-0.05, 0) is 74.9 Å². The molecule has 1 N–H and O–H groups in total. The van der Waals surface area contributed by atoms with E-state index in [0.717, 1.165) is 33.9 Å². The Bertz CT molecular complexity index is 1000. The molecule has 0 fully saturated rings. The Balaban J connectivity index is 1.98. The van der Waals surface area contributed by atoms with E-state index in [-0.39, 0.29) is 0 Å². The Morgan fingerprint density at radius 2 is 1.77 bits per heavy atom. The van der Waals surface area contributed by atoms with Crippen molar-refractivity contribution in [1.29, 1.82) is 0 Å². The SMILES string of the molecule is Cc1cc(C(=O)O)ccc1-n1c(C)cc(C=Nc2ccc(Cl)cc2)c1C. The predicted octanol–water partition coefficient (Wildman–Crippen LogP) is 5.50. The molecule has 0 amide bonds. The molecule has 0 radical (unpaired) electrons. The first-order chi connectivity index (χ1) is 12.4. The smallest absolute Gasteiger partial charge is 0.335 e. The standard InChI is InChI=1S/C21H19ClN2O2/c1-13-10-16(21(25)26)4-9-20(13)24-14(2)11-17(15(24)3)12-23-19-7-5-18(22)6-8-19/h4-12H,1-3H3,(H,25,26). The average Bonchev–Trinajstić information content (AvgIpc) is 2.88. The number of carboxylic acids is 1. The number of rotatable bonds is 4. The predicted molar refractivity (Wildman–Crippen MR) is 106 cm³/mol.